The fourth-order valence-corrected chi connectivity index (χ4v) is 2.10. The summed E-state index contributed by atoms with van der Waals surface area (Å²) in [5.41, 5.74) is 0.822. The monoisotopic (exact) mass is 261 g/mol. The van der Waals surface area contributed by atoms with Crippen molar-refractivity contribution >= 4 is 0 Å². The van der Waals surface area contributed by atoms with E-state index in [1.807, 2.05) is 6.07 Å². The molecular weight excluding hydrogens is 246 g/mol. The molecular formula is C13H15N3O3. The van der Waals surface area contributed by atoms with Crippen molar-refractivity contribution in [2.24, 2.45) is 0 Å². The first-order valence-corrected chi connectivity index (χ1v) is 6.28. The van der Waals surface area contributed by atoms with Crippen LogP contribution in [0.1, 0.15) is 24.7 Å². The van der Waals surface area contributed by atoms with Gasteiger partial charge in [-0.3, -0.25) is 0 Å². The highest BCUT2D eigenvalue weighted by Gasteiger charge is 2.22. The Hall–Kier alpha value is -1.95. The van der Waals surface area contributed by atoms with Crippen molar-refractivity contribution in [1.82, 2.24) is 15.1 Å². The average Bonchev–Trinajstić information content (AvgIpc) is 2.98. The quantitative estimate of drug-likeness (QED) is 0.842. The summed E-state index contributed by atoms with van der Waals surface area (Å²) >= 11 is 0. The van der Waals surface area contributed by atoms with Crippen molar-refractivity contribution < 1.29 is 14.0 Å². The average molecular weight is 261 g/mol. The van der Waals surface area contributed by atoms with Crippen LogP contribution in [0.4, 0.5) is 0 Å². The molecule has 0 bridgehead atoms. The summed E-state index contributed by atoms with van der Waals surface area (Å²) in [4.78, 5) is 8.58. The summed E-state index contributed by atoms with van der Waals surface area (Å²) in [5, 5.41) is 4.01. The van der Waals surface area contributed by atoms with E-state index in [4.69, 9.17) is 14.0 Å². The van der Waals surface area contributed by atoms with Gasteiger partial charge in [0.1, 0.15) is 0 Å². The molecule has 3 heterocycles. The first kappa shape index (κ1) is 12.1. The standard InChI is InChI=1S/C13H15N3O3/c1-17-11-3-2-10(8-14-11)12-15-13(19-16-12)9-4-6-18-7-5-9/h2-3,8-9H,4-7H2,1H3. The van der Waals surface area contributed by atoms with E-state index in [2.05, 4.69) is 15.1 Å². The van der Waals surface area contributed by atoms with Crippen LogP contribution in [0, 0.1) is 0 Å². The third kappa shape index (κ3) is 2.58. The van der Waals surface area contributed by atoms with Gasteiger partial charge in [0.15, 0.2) is 0 Å². The van der Waals surface area contributed by atoms with Gasteiger partial charge in [0.2, 0.25) is 17.6 Å². The van der Waals surface area contributed by atoms with Gasteiger partial charge in [0, 0.05) is 37.0 Å². The normalized spacial score (nSPS) is 16.5. The van der Waals surface area contributed by atoms with Crippen LogP contribution < -0.4 is 4.74 Å². The fourth-order valence-electron chi connectivity index (χ4n) is 2.10. The predicted octanol–water partition coefficient (Wildman–Crippen LogP) is 2.03. The van der Waals surface area contributed by atoms with Gasteiger partial charge in [-0.2, -0.15) is 4.98 Å². The Morgan fingerprint density at radius 3 is 2.79 bits per heavy atom. The maximum Gasteiger partial charge on any atom is 0.230 e. The molecule has 3 rings (SSSR count). The lowest BCUT2D eigenvalue weighted by atomic mass is 10.0. The van der Waals surface area contributed by atoms with Gasteiger partial charge >= 0.3 is 0 Å². The van der Waals surface area contributed by atoms with Crippen LogP contribution in [0.25, 0.3) is 11.4 Å². The van der Waals surface area contributed by atoms with E-state index >= 15 is 0 Å². The maximum absolute atomic E-state index is 5.34. The molecule has 0 unspecified atom stereocenters. The number of nitrogens with zero attached hydrogens (tertiary/aromatic N) is 3. The molecule has 6 heteroatoms. The van der Waals surface area contributed by atoms with Gasteiger partial charge < -0.3 is 14.0 Å². The molecule has 1 saturated heterocycles. The second-order valence-corrected chi connectivity index (χ2v) is 4.43. The summed E-state index contributed by atoms with van der Waals surface area (Å²) in [6.07, 6.45) is 3.54. The maximum atomic E-state index is 5.34. The Balaban J connectivity index is 1.79. The molecule has 1 aliphatic rings. The molecule has 2 aromatic heterocycles. The van der Waals surface area contributed by atoms with Crippen molar-refractivity contribution in [3.8, 4) is 17.3 Å². The van der Waals surface area contributed by atoms with E-state index in [1.165, 1.54) is 0 Å². The Morgan fingerprint density at radius 1 is 1.26 bits per heavy atom. The van der Waals surface area contributed by atoms with E-state index in [0.717, 1.165) is 31.6 Å². The minimum absolute atomic E-state index is 0.307. The van der Waals surface area contributed by atoms with Crippen LogP contribution in [0.15, 0.2) is 22.9 Å². The molecule has 0 spiro atoms. The number of hydrogen-bond acceptors (Lipinski definition) is 6. The Labute approximate surface area is 110 Å². The third-order valence-electron chi connectivity index (χ3n) is 3.22. The minimum atomic E-state index is 0.307. The van der Waals surface area contributed by atoms with Gasteiger partial charge in [-0.15, -0.1) is 0 Å². The van der Waals surface area contributed by atoms with Crippen LogP contribution in [0.2, 0.25) is 0 Å². The van der Waals surface area contributed by atoms with Crippen molar-refractivity contribution in [2.45, 2.75) is 18.8 Å². The van der Waals surface area contributed by atoms with Crippen LogP contribution in [0.3, 0.4) is 0 Å². The van der Waals surface area contributed by atoms with E-state index in [1.54, 1.807) is 19.4 Å². The van der Waals surface area contributed by atoms with Gasteiger partial charge in [-0.25, -0.2) is 4.98 Å². The minimum Gasteiger partial charge on any atom is -0.481 e. The van der Waals surface area contributed by atoms with E-state index in [0.29, 0.717) is 23.5 Å². The fraction of sp³-hybridized carbons (Fsp3) is 0.462. The first-order chi connectivity index (χ1) is 9.36. The summed E-state index contributed by atoms with van der Waals surface area (Å²) in [7, 11) is 1.58. The molecule has 0 atom stereocenters. The van der Waals surface area contributed by atoms with Crippen molar-refractivity contribution in [1.29, 1.82) is 0 Å². The van der Waals surface area contributed by atoms with Crippen molar-refractivity contribution in [2.75, 3.05) is 20.3 Å². The molecule has 100 valence electrons. The zero-order valence-electron chi connectivity index (χ0n) is 10.7. The van der Waals surface area contributed by atoms with Gasteiger partial charge in [-0.1, -0.05) is 5.16 Å². The lowest BCUT2D eigenvalue weighted by molar-refractivity contribution is 0.0778. The second-order valence-electron chi connectivity index (χ2n) is 4.43. The number of hydrogen-bond donors (Lipinski definition) is 0. The van der Waals surface area contributed by atoms with E-state index < -0.39 is 0 Å². The number of rotatable bonds is 3. The molecule has 0 amide bonds. The van der Waals surface area contributed by atoms with Crippen LogP contribution in [0.5, 0.6) is 5.88 Å². The number of methoxy groups -OCH3 is 1. The Bertz CT molecular complexity index is 532. The molecule has 0 radical (unpaired) electrons. The summed E-state index contributed by atoms with van der Waals surface area (Å²) in [5.74, 6) is 2.13. The largest absolute Gasteiger partial charge is 0.481 e. The molecule has 1 aliphatic heterocycles. The summed E-state index contributed by atoms with van der Waals surface area (Å²) in [6, 6.07) is 3.64. The van der Waals surface area contributed by atoms with Crippen molar-refractivity contribution in [3.05, 3.63) is 24.2 Å². The predicted molar refractivity (Wildman–Crippen MR) is 66.9 cm³/mol. The molecule has 1 fully saturated rings. The SMILES string of the molecule is COc1ccc(-c2noc(C3CCOCC3)n2)cn1. The zero-order chi connectivity index (χ0) is 13.1. The van der Waals surface area contributed by atoms with Gasteiger partial charge in [-0.05, 0) is 18.9 Å². The topological polar surface area (TPSA) is 70.3 Å². The molecule has 0 aliphatic carbocycles. The Morgan fingerprint density at radius 2 is 2.11 bits per heavy atom. The lowest BCUT2D eigenvalue weighted by Crippen LogP contribution is -2.14. The van der Waals surface area contributed by atoms with Crippen LogP contribution in [-0.2, 0) is 4.74 Å². The highest BCUT2D eigenvalue weighted by molar-refractivity contribution is 5.53. The number of pyridine rings is 1. The van der Waals surface area contributed by atoms with Crippen LogP contribution in [-0.4, -0.2) is 35.4 Å². The Kier molecular flexibility index (Phi) is 3.41. The first-order valence-electron chi connectivity index (χ1n) is 6.28. The molecule has 0 saturated carbocycles. The van der Waals surface area contributed by atoms with E-state index in [-0.39, 0.29) is 0 Å². The molecule has 0 aromatic carbocycles. The van der Waals surface area contributed by atoms with Crippen molar-refractivity contribution in [3.63, 3.8) is 0 Å². The lowest BCUT2D eigenvalue weighted by Gasteiger charge is -2.17. The van der Waals surface area contributed by atoms with Gasteiger partial charge in [0.25, 0.3) is 0 Å². The smallest absolute Gasteiger partial charge is 0.230 e. The molecule has 19 heavy (non-hydrogen) atoms. The highest BCUT2D eigenvalue weighted by Crippen LogP contribution is 2.27. The summed E-state index contributed by atoms with van der Waals surface area (Å²) < 4.78 is 15.7. The second kappa shape index (κ2) is 5.36. The molecule has 2 aromatic rings. The van der Waals surface area contributed by atoms with Gasteiger partial charge in [0.05, 0.1) is 7.11 Å². The zero-order valence-corrected chi connectivity index (χ0v) is 10.7. The van der Waals surface area contributed by atoms with Crippen LogP contribution >= 0.6 is 0 Å². The third-order valence-corrected chi connectivity index (χ3v) is 3.22. The molecule has 6 nitrogen and oxygen atoms in total. The highest BCUT2D eigenvalue weighted by atomic mass is 16.5. The number of ether oxygens (including phenoxy) is 2. The summed E-state index contributed by atoms with van der Waals surface area (Å²) in [6.45, 7) is 1.51. The van der Waals surface area contributed by atoms with E-state index in [9.17, 15) is 0 Å². The molecule has 0 N–H and O–H groups in total. The number of aromatic nitrogens is 3.